The molecule has 0 aromatic rings. The van der Waals surface area contributed by atoms with E-state index in [-0.39, 0.29) is 18.9 Å². The zero-order chi connectivity index (χ0) is 20.2. The Balaban J connectivity index is 3.21. The van der Waals surface area contributed by atoms with Gasteiger partial charge in [-0.2, -0.15) is 0 Å². The Kier molecular flexibility index (Phi) is 17.9. The van der Waals surface area contributed by atoms with Gasteiger partial charge in [0.2, 0.25) is 12.3 Å². The van der Waals surface area contributed by atoms with Crippen LogP contribution in [0.3, 0.4) is 0 Å². The Labute approximate surface area is 162 Å². The number of amides is 2. The number of nitrogens with zero attached hydrogens (tertiary/aromatic N) is 1. The van der Waals surface area contributed by atoms with Gasteiger partial charge in [-0.1, -0.05) is 38.5 Å². The van der Waals surface area contributed by atoms with Crippen LogP contribution in [0.1, 0.15) is 57.8 Å². The van der Waals surface area contributed by atoms with Crippen LogP contribution in [0, 0.1) is 0 Å². The number of carbonyl (C=O) groups excluding carboxylic acids is 2. The summed E-state index contributed by atoms with van der Waals surface area (Å²) in [6.45, 7) is 2.44. The number of likely N-dealkylation sites (N-methyl/N-ethyl adjacent to an activating group) is 1. The number of rotatable bonds is 20. The molecule has 0 bridgehead atoms. The number of carboxylic acids is 1. The molecule has 0 saturated carbocycles. The second kappa shape index (κ2) is 19.1. The maximum Gasteiger partial charge on any atom is 0.303 e. The number of unbranched alkanes of at least 4 members (excludes halogenated alkanes) is 7. The number of nitrogens with one attached hydrogen (secondary N) is 1. The average Bonchev–Trinajstić information content (AvgIpc) is 2.64. The molecule has 0 radical (unpaired) electrons. The highest BCUT2D eigenvalue weighted by Gasteiger charge is 2.01. The van der Waals surface area contributed by atoms with Crippen molar-refractivity contribution in [2.24, 2.45) is 0 Å². The Hall–Kier alpha value is -1.67. The molecule has 158 valence electrons. The zero-order valence-corrected chi connectivity index (χ0v) is 16.6. The SMILES string of the molecule is CN(C=O)CCOCCOCC(=O)NCCCCCCCCCCC(=O)O. The van der Waals surface area contributed by atoms with E-state index in [0.717, 1.165) is 57.8 Å². The van der Waals surface area contributed by atoms with Crippen LogP contribution in [0.15, 0.2) is 0 Å². The smallest absolute Gasteiger partial charge is 0.303 e. The third-order valence-corrected chi connectivity index (χ3v) is 4.01. The van der Waals surface area contributed by atoms with Gasteiger partial charge in [-0.25, -0.2) is 0 Å². The molecule has 0 aliphatic carbocycles. The summed E-state index contributed by atoms with van der Waals surface area (Å²) in [5, 5.41) is 11.4. The van der Waals surface area contributed by atoms with Crippen LogP contribution in [0.4, 0.5) is 0 Å². The minimum absolute atomic E-state index is 0.0357. The van der Waals surface area contributed by atoms with Gasteiger partial charge in [-0.05, 0) is 12.8 Å². The molecule has 0 rings (SSSR count). The van der Waals surface area contributed by atoms with Gasteiger partial charge in [0.15, 0.2) is 0 Å². The first-order valence-electron chi connectivity index (χ1n) is 9.85. The van der Waals surface area contributed by atoms with Crippen molar-refractivity contribution in [3.8, 4) is 0 Å². The fourth-order valence-corrected chi connectivity index (χ4v) is 2.39. The topological polar surface area (TPSA) is 105 Å². The molecule has 2 N–H and O–H groups in total. The summed E-state index contributed by atoms with van der Waals surface area (Å²) in [6, 6.07) is 0. The van der Waals surface area contributed by atoms with Crippen molar-refractivity contribution in [3.63, 3.8) is 0 Å². The Morgan fingerprint density at radius 1 is 0.926 bits per heavy atom. The van der Waals surface area contributed by atoms with Crippen molar-refractivity contribution in [1.82, 2.24) is 10.2 Å². The molecule has 0 spiro atoms. The normalized spacial score (nSPS) is 10.6. The van der Waals surface area contributed by atoms with Crippen LogP contribution < -0.4 is 5.32 Å². The Morgan fingerprint density at radius 3 is 2.15 bits per heavy atom. The predicted octanol–water partition coefficient (Wildman–Crippen LogP) is 1.82. The zero-order valence-electron chi connectivity index (χ0n) is 16.6. The standard InChI is InChI=1S/C19H36N2O6/c1-21(17-22)12-13-26-14-15-27-16-18(23)20-11-9-7-5-3-2-4-6-8-10-19(24)25/h17H,2-16H2,1H3,(H,20,23)(H,24,25). The highest BCUT2D eigenvalue weighted by molar-refractivity contribution is 5.77. The number of carbonyl (C=O) groups is 3. The molecular weight excluding hydrogens is 352 g/mol. The predicted molar refractivity (Wildman–Crippen MR) is 103 cm³/mol. The highest BCUT2D eigenvalue weighted by Crippen LogP contribution is 2.09. The first-order valence-corrected chi connectivity index (χ1v) is 9.85. The largest absolute Gasteiger partial charge is 0.481 e. The third kappa shape index (κ3) is 20.5. The Bertz CT molecular complexity index is 392. The molecule has 27 heavy (non-hydrogen) atoms. The van der Waals surface area contributed by atoms with Crippen molar-refractivity contribution >= 4 is 18.3 Å². The molecule has 8 heteroatoms. The summed E-state index contributed by atoms with van der Waals surface area (Å²) in [5.41, 5.74) is 0. The van der Waals surface area contributed by atoms with Gasteiger partial charge < -0.3 is 24.8 Å². The van der Waals surface area contributed by atoms with E-state index in [1.54, 1.807) is 7.05 Å². The maximum atomic E-state index is 11.6. The van der Waals surface area contributed by atoms with E-state index < -0.39 is 5.97 Å². The van der Waals surface area contributed by atoms with E-state index in [9.17, 15) is 14.4 Å². The second-order valence-electron chi connectivity index (χ2n) is 6.57. The lowest BCUT2D eigenvalue weighted by Crippen LogP contribution is -2.29. The first-order chi connectivity index (χ1) is 13.1. The van der Waals surface area contributed by atoms with E-state index >= 15 is 0 Å². The van der Waals surface area contributed by atoms with E-state index in [1.165, 1.54) is 4.90 Å². The monoisotopic (exact) mass is 388 g/mol. The number of carboxylic acid groups (broad SMARTS) is 1. The van der Waals surface area contributed by atoms with Gasteiger partial charge in [0.05, 0.1) is 19.8 Å². The summed E-state index contributed by atoms with van der Waals surface area (Å²) in [6.07, 6.45) is 9.36. The molecule has 0 unspecified atom stereocenters. The van der Waals surface area contributed by atoms with Crippen LogP contribution in [0.5, 0.6) is 0 Å². The minimum Gasteiger partial charge on any atom is -0.481 e. The quantitative estimate of drug-likeness (QED) is 0.243. The van der Waals surface area contributed by atoms with Crippen molar-refractivity contribution in [2.45, 2.75) is 57.8 Å². The average molecular weight is 389 g/mol. The van der Waals surface area contributed by atoms with E-state index in [0.29, 0.717) is 32.9 Å². The van der Waals surface area contributed by atoms with E-state index in [1.807, 2.05) is 0 Å². The lowest BCUT2D eigenvalue weighted by atomic mass is 10.1. The summed E-state index contributed by atoms with van der Waals surface area (Å²) >= 11 is 0. The van der Waals surface area contributed by atoms with Crippen LogP contribution in [0.25, 0.3) is 0 Å². The molecule has 0 heterocycles. The molecular formula is C19H36N2O6. The van der Waals surface area contributed by atoms with Gasteiger partial charge in [0.25, 0.3) is 0 Å². The second-order valence-corrected chi connectivity index (χ2v) is 6.57. The molecule has 0 saturated heterocycles. The first kappa shape index (κ1) is 25.3. The van der Waals surface area contributed by atoms with Gasteiger partial charge >= 0.3 is 5.97 Å². The van der Waals surface area contributed by atoms with E-state index in [2.05, 4.69) is 5.32 Å². The van der Waals surface area contributed by atoms with Crippen LogP contribution in [-0.2, 0) is 23.9 Å². The van der Waals surface area contributed by atoms with Gasteiger partial charge in [0, 0.05) is 26.6 Å². The van der Waals surface area contributed by atoms with Gasteiger partial charge in [-0.3, -0.25) is 14.4 Å². The molecule has 0 aliphatic heterocycles. The molecule has 8 nitrogen and oxygen atoms in total. The van der Waals surface area contributed by atoms with Crippen LogP contribution in [0.2, 0.25) is 0 Å². The lowest BCUT2D eigenvalue weighted by molar-refractivity contribution is -0.137. The van der Waals surface area contributed by atoms with Crippen molar-refractivity contribution in [3.05, 3.63) is 0 Å². The lowest BCUT2D eigenvalue weighted by Gasteiger charge is -2.10. The summed E-state index contributed by atoms with van der Waals surface area (Å²) in [7, 11) is 1.68. The van der Waals surface area contributed by atoms with Crippen LogP contribution in [-0.4, -0.2) is 74.9 Å². The molecule has 0 fully saturated rings. The maximum absolute atomic E-state index is 11.6. The number of ether oxygens (including phenoxy) is 2. The van der Waals surface area contributed by atoms with Gasteiger partial charge in [0.1, 0.15) is 6.61 Å². The summed E-state index contributed by atoms with van der Waals surface area (Å²) < 4.78 is 10.5. The van der Waals surface area contributed by atoms with Crippen molar-refractivity contribution in [2.75, 3.05) is 46.6 Å². The van der Waals surface area contributed by atoms with Crippen molar-refractivity contribution < 1.29 is 29.0 Å². The molecule has 0 atom stereocenters. The fraction of sp³-hybridized carbons (Fsp3) is 0.842. The molecule has 0 aromatic heterocycles. The number of aliphatic carboxylic acids is 1. The fourth-order valence-electron chi connectivity index (χ4n) is 2.39. The number of hydrogen-bond acceptors (Lipinski definition) is 5. The minimum atomic E-state index is -0.713. The molecule has 2 amide bonds. The Morgan fingerprint density at radius 2 is 1.52 bits per heavy atom. The molecule has 0 aliphatic rings. The van der Waals surface area contributed by atoms with E-state index in [4.69, 9.17) is 14.6 Å². The summed E-state index contributed by atoms with van der Waals surface area (Å²) in [4.78, 5) is 33.8. The number of hydrogen-bond donors (Lipinski definition) is 2. The van der Waals surface area contributed by atoms with Crippen molar-refractivity contribution in [1.29, 1.82) is 0 Å². The van der Waals surface area contributed by atoms with Crippen LogP contribution >= 0.6 is 0 Å². The highest BCUT2D eigenvalue weighted by atomic mass is 16.5. The van der Waals surface area contributed by atoms with Gasteiger partial charge in [-0.15, -0.1) is 0 Å². The summed E-state index contributed by atoms with van der Waals surface area (Å²) in [5.74, 6) is -0.830. The molecule has 0 aromatic carbocycles. The third-order valence-electron chi connectivity index (χ3n) is 4.01.